The fourth-order valence-electron chi connectivity index (χ4n) is 3.33. The minimum Gasteiger partial charge on any atom is -0.363 e. The molecule has 0 saturated carbocycles. The Morgan fingerprint density at radius 1 is 1.22 bits per heavy atom. The number of hydrogen-bond donors (Lipinski definition) is 1. The van der Waals surface area contributed by atoms with Crippen LogP contribution in [0.1, 0.15) is 61.6 Å². The first-order chi connectivity index (χ1) is 11.1. The number of amides is 2. The second-order valence-corrected chi connectivity index (χ2v) is 6.29. The number of aromatic nitrogens is 3. The summed E-state index contributed by atoms with van der Waals surface area (Å²) in [6.45, 7) is 1.39. The zero-order chi connectivity index (χ0) is 16.2. The molecular formula is C16H23N5O2. The van der Waals surface area contributed by atoms with E-state index in [0.29, 0.717) is 6.54 Å². The van der Waals surface area contributed by atoms with Crippen molar-refractivity contribution in [1.82, 2.24) is 19.7 Å². The number of carbonyl (C=O) groups is 2. The monoisotopic (exact) mass is 317 g/mol. The number of piperidine rings is 1. The third-order valence-corrected chi connectivity index (χ3v) is 4.60. The van der Waals surface area contributed by atoms with Gasteiger partial charge < -0.3 is 10.6 Å². The molecule has 7 heteroatoms. The quantitative estimate of drug-likeness (QED) is 0.912. The highest BCUT2D eigenvalue weighted by atomic mass is 16.2. The molecule has 1 aliphatic heterocycles. The molecule has 0 bridgehead atoms. The number of allylic oxidation sites excluding steroid dienone is 1. The lowest BCUT2D eigenvalue weighted by atomic mass is 10.0. The predicted octanol–water partition coefficient (Wildman–Crippen LogP) is 1.43. The van der Waals surface area contributed by atoms with Crippen LogP contribution in [0.25, 0.3) is 0 Å². The molecule has 7 nitrogen and oxygen atoms in total. The maximum atomic E-state index is 12.7. The summed E-state index contributed by atoms with van der Waals surface area (Å²) in [6, 6.07) is 0.0553. The molecule has 2 heterocycles. The number of nitrogens with two attached hydrogens (primary N) is 1. The Morgan fingerprint density at radius 2 is 2.09 bits per heavy atom. The van der Waals surface area contributed by atoms with E-state index < -0.39 is 5.91 Å². The van der Waals surface area contributed by atoms with Gasteiger partial charge >= 0.3 is 0 Å². The van der Waals surface area contributed by atoms with Crippen molar-refractivity contribution in [3.05, 3.63) is 23.8 Å². The summed E-state index contributed by atoms with van der Waals surface area (Å²) in [5.74, 6) is -0.442. The second kappa shape index (κ2) is 6.93. The minimum absolute atomic E-state index is 0.0277. The highest BCUT2D eigenvalue weighted by Gasteiger charge is 2.27. The van der Waals surface area contributed by atoms with Crippen molar-refractivity contribution in [2.24, 2.45) is 5.73 Å². The molecule has 124 valence electrons. The van der Waals surface area contributed by atoms with E-state index in [1.807, 2.05) is 4.90 Å². The van der Waals surface area contributed by atoms with E-state index in [1.165, 1.54) is 19.2 Å². The molecule has 0 radical (unpaired) electrons. The van der Waals surface area contributed by atoms with Gasteiger partial charge in [-0.05, 0) is 38.5 Å². The van der Waals surface area contributed by atoms with Gasteiger partial charge in [0.25, 0.3) is 5.91 Å². The molecule has 0 aromatic carbocycles. The molecule has 1 saturated heterocycles. The van der Waals surface area contributed by atoms with Crippen LogP contribution in [0.2, 0.25) is 0 Å². The van der Waals surface area contributed by atoms with Crippen LogP contribution in [0.5, 0.6) is 0 Å². The van der Waals surface area contributed by atoms with Crippen LogP contribution in [-0.2, 0) is 4.79 Å². The standard InChI is InChI=1S/C16H23N5O2/c17-14(22)15-18-11-21(19-15)13-8-5-9-20(10-13)16(23)12-6-3-1-2-4-7-12/h6,11,13H,1-5,7-10H2,(H2,17,22)/t13-/m0/s1. The van der Waals surface area contributed by atoms with E-state index in [2.05, 4.69) is 16.2 Å². The van der Waals surface area contributed by atoms with Crippen LogP contribution in [0.15, 0.2) is 18.0 Å². The summed E-state index contributed by atoms with van der Waals surface area (Å²) in [5.41, 5.74) is 6.15. The summed E-state index contributed by atoms with van der Waals surface area (Å²) in [7, 11) is 0. The van der Waals surface area contributed by atoms with Crippen LogP contribution in [0, 0.1) is 0 Å². The molecule has 1 aliphatic carbocycles. The Hall–Kier alpha value is -2.18. The van der Waals surface area contributed by atoms with Crippen LogP contribution in [-0.4, -0.2) is 44.6 Å². The van der Waals surface area contributed by atoms with E-state index in [1.54, 1.807) is 4.68 Å². The Kier molecular flexibility index (Phi) is 4.73. The van der Waals surface area contributed by atoms with Gasteiger partial charge in [0.15, 0.2) is 0 Å². The molecule has 2 aliphatic rings. The number of primary amides is 1. The van der Waals surface area contributed by atoms with Gasteiger partial charge in [0.2, 0.25) is 11.7 Å². The van der Waals surface area contributed by atoms with Gasteiger partial charge in [-0.3, -0.25) is 9.59 Å². The van der Waals surface area contributed by atoms with Crippen molar-refractivity contribution in [2.45, 2.75) is 51.0 Å². The zero-order valence-corrected chi connectivity index (χ0v) is 13.3. The van der Waals surface area contributed by atoms with Crippen LogP contribution in [0.3, 0.4) is 0 Å². The van der Waals surface area contributed by atoms with E-state index >= 15 is 0 Å². The number of hydrogen-bond acceptors (Lipinski definition) is 4. The van der Waals surface area contributed by atoms with Gasteiger partial charge in [-0.1, -0.05) is 12.5 Å². The Morgan fingerprint density at radius 3 is 2.87 bits per heavy atom. The fourth-order valence-corrected chi connectivity index (χ4v) is 3.33. The average molecular weight is 317 g/mol. The molecular weight excluding hydrogens is 294 g/mol. The van der Waals surface area contributed by atoms with Crippen molar-refractivity contribution < 1.29 is 9.59 Å². The number of likely N-dealkylation sites (tertiary alicyclic amines) is 1. The van der Waals surface area contributed by atoms with Gasteiger partial charge in [0.1, 0.15) is 6.33 Å². The third-order valence-electron chi connectivity index (χ3n) is 4.60. The molecule has 2 amide bonds. The molecule has 1 fully saturated rings. The summed E-state index contributed by atoms with van der Waals surface area (Å²) >= 11 is 0. The van der Waals surface area contributed by atoms with Crippen molar-refractivity contribution in [1.29, 1.82) is 0 Å². The molecule has 2 N–H and O–H groups in total. The normalized spacial score (nSPS) is 22.3. The second-order valence-electron chi connectivity index (χ2n) is 6.29. The lowest BCUT2D eigenvalue weighted by molar-refractivity contribution is -0.129. The van der Waals surface area contributed by atoms with Gasteiger partial charge in [-0.15, -0.1) is 5.10 Å². The Balaban J connectivity index is 1.68. The van der Waals surface area contributed by atoms with E-state index in [9.17, 15) is 9.59 Å². The fraction of sp³-hybridized carbons (Fsp3) is 0.625. The van der Waals surface area contributed by atoms with Gasteiger partial charge in [-0.2, -0.15) is 0 Å². The lowest BCUT2D eigenvalue weighted by Crippen LogP contribution is -2.41. The SMILES string of the molecule is NC(=O)c1ncn([C@H]2CCCN(C(=O)C3=CCCCCC3)C2)n1. The van der Waals surface area contributed by atoms with Crippen molar-refractivity contribution >= 4 is 11.8 Å². The Bertz CT molecular complexity index is 622. The van der Waals surface area contributed by atoms with E-state index in [4.69, 9.17) is 5.73 Å². The summed E-state index contributed by atoms with van der Waals surface area (Å²) in [6.07, 6.45) is 10.8. The van der Waals surface area contributed by atoms with Crippen molar-refractivity contribution in [2.75, 3.05) is 13.1 Å². The molecule has 1 atom stereocenters. The first-order valence-corrected chi connectivity index (χ1v) is 8.34. The van der Waals surface area contributed by atoms with Crippen LogP contribution < -0.4 is 5.73 Å². The van der Waals surface area contributed by atoms with Crippen LogP contribution >= 0.6 is 0 Å². The Labute approximate surface area is 135 Å². The number of nitrogens with zero attached hydrogens (tertiary/aromatic N) is 4. The summed E-state index contributed by atoms with van der Waals surface area (Å²) in [5, 5.41) is 4.13. The van der Waals surface area contributed by atoms with Crippen LogP contribution in [0.4, 0.5) is 0 Å². The summed E-state index contributed by atoms with van der Waals surface area (Å²) < 4.78 is 1.67. The van der Waals surface area contributed by atoms with E-state index in [-0.39, 0.29) is 17.8 Å². The molecule has 1 aromatic heterocycles. The first-order valence-electron chi connectivity index (χ1n) is 8.34. The predicted molar refractivity (Wildman–Crippen MR) is 84.6 cm³/mol. The zero-order valence-electron chi connectivity index (χ0n) is 13.3. The molecule has 23 heavy (non-hydrogen) atoms. The van der Waals surface area contributed by atoms with Gasteiger partial charge in [0.05, 0.1) is 6.04 Å². The molecule has 0 unspecified atom stereocenters. The van der Waals surface area contributed by atoms with Crippen molar-refractivity contribution in [3.63, 3.8) is 0 Å². The molecule has 1 aromatic rings. The van der Waals surface area contributed by atoms with Crippen molar-refractivity contribution in [3.8, 4) is 0 Å². The van der Waals surface area contributed by atoms with E-state index in [0.717, 1.165) is 44.2 Å². The highest BCUT2D eigenvalue weighted by Crippen LogP contribution is 2.25. The van der Waals surface area contributed by atoms with Gasteiger partial charge in [0, 0.05) is 18.7 Å². The molecule has 0 spiro atoms. The average Bonchev–Trinajstić information content (AvgIpc) is 2.91. The maximum absolute atomic E-state index is 12.7. The summed E-state index contributed by atoms with van der Waals surface area (Å²) in [4.78, 5) is 29.7. The largest absolute Gasteiger partial charge is 0.363 e. The topological polar surface area (TPSA) is 94.1 Å². The lowest BCUT2D eigenvalue weighted by Gasteiger charge is -2.33. The maximum Gasteiger partial charge on any atom is 0.288 e. The minimum atomic E-state index is -0.629. The molecule has 3 rings (SSSR count). The number of carbonyl (C=O) groups excluding carboxylic acids is 2. The first kappa shape index (κ1) is 15.7. The highest BCUT2D eigenvalue weighted by molar-refractivity contribution is 5.93. The smallest absolute Gasteiger partial charge is 0.288 e. The number of rotatable bonds is 3. The third kappa shape index (κ3) is 3.60. The van der Waals surface area contributed by atoms with Gasteiger partial charge in [-0.25, -0.2) is 9.67 Å².